The topological polar surface area (TPSA) is 116 Å². The third kappa shape index (κ3) is 6.06. The molecule has 1 aromatic carbocycles. The summed E-state index contributed by atoms with van der Waals surface area (Å²) in [6.07, 6.45) is 3.55. The first-order valence-corrected chi connectivity index (χ1v) is 11.4. The third-order valence-electron chi connectivity index (χ3n) is 5.28. The fraction of sp³-hybridized carbons (Fsp3) is 0.458. The Morgan fingerprint density at radius 2 is 1.85 bits per heavy atom. The van der Waals surface area contributed by atoms with Crippen molar-refractivity contribution in [3.8, 4) is 0 Å². The van der Waals surface area contributed by atoms with Crippen molar-refractivity contribution in [3.63, 3.8) is 0 Å². The average molecular weight is 455 g/mol. The minimum Gasteiger partial charge on any atom is -0.447 e. The van der Waals surface area contributed by atoms with Gasteiger partial charge in [0, 0.05) is 18.0 Å². The smallest absolute Gasteiger partial charge is 0.360 e. The predicted octanol–water partition coefficient (Wildman–Crippen LogP) is 4.24. The first-order valence-electron chi connectivity index (χ1n) is 11.4. The number of aryl methyl sites for hydroxylation is 2. The summed E-state index contributed by atoms with van der Waals surface area (Å²) in [5, 5.41) is 11.5. The van der Waals surface area contributed by atoms with Crippen LogP contribution in [-0.4, -0.2) is 32.9 Å². The normalized spacial score (nSPS) is 12.0. The van der Waals surface area contributed by atoms with Gasteiger partial charge in [0.05, 0.1) is 5.39 Å². The number of carbonyl (C=O) groups excluding carboxylic acids is 2. The summed E-state index contributed by atoms with van der Waals surface area (Å²) in [4.78, 5) is 38.8. The van der Waals surface area contributed by atoms with Crippen molar-refractivity contribution in [2.24, 2.45) is 0 Å². The number of hydrogen-bond acceptors (Lipinski definition) is 7. The van der Waals surface area contributed by atoms with Gasteiger partial charge in [-0.05, 0) is 32.3 Å². The molecule has 1 atom stereocenters. The van der Waals surface area contributed by atoms with E-state index in [1.807, 2.05) is 6.92 Å². The molecule has 0 radical (unpaired) electrons. The molecule has 2 heterocycles. The molecule has 0 aliphatic rings. The molecule has 1 N–H and O–H groups in total. The molecule has 0 aliphatic heterocycles. The molecule has 0 fully saturated rings. The second-order valence-electron chi connectivity index (χ2n) is 7.98. The number of aromatic nitrogens is 3. The molecule has 0 aliphatic carbocycles. The molecule has 0 saturated carbocycles. The molecule has 9 heteroatoms. The number of rotatable bonds is 11. The maximum Gasteiger partial charge on any atom is 0.360 e. The fourth-order valence-corrected chi connectivity index (χ4v) is 3.50. The minimum atomic E-state index is -1.03. The van der Waals surface area contributed by atoms with E-state index in [-0.39, 0.29) is 17.1 Å². The monoisotopic (exact) mass is 454 g/mol. The Morgan fingerprint density at radius 3 is 2.52 bits per heavy atom. The van der Waals surface area contributed by atoms with Crippen LogP contribution in [0.2, 0.25) is 0 Å². The van der Waals surface area contributed by atoms with Crippen molar-refractivity contribution in [1.82, 2.24) is 14.9 Å². The fourth-order valence-electron chi connectivity index (χ4n) is 3.50. The van der Waals surface area contributed by atoms with E-state index >= 15 is 0 Å². The Morgan fingerprint density at radius 1 is 1.12 bits per heavy atom. The van der Waals surface area contributed by atoms with E-state index in [1.54, 1.807) is 37.3 Å². The zero-order chi connectivity index (χ0) is 23.8. The first-order chi connectivity index (χ1) is 15.9. The highest BCUT2D eigenvalue weighted by atomic mass is 16.5. The first kappa shape index (κ1) is 24.2. The number of ether oxygens (including phenoxy) is 1. The SMILES string of the molecule is CCCCCn1nc(C(=O)OC(CCCC)C(=O)Nc2cc(C)on2)c2ccccc2c1=O. The summed E-state index contributed by atoms with van der Waals surface area (Å²) in [5.74, 6) is -0.440. The van der Waals surface area contributed by atoms with Crippen LogP contribution in [0.1, 0.15) is 68.6 Å². The molecule has 3 rings (SSSR count). The van der Waals surface area contributed by atoms with Crippen molar-refractivity contribution in [3.05, 3.63) is 52.1 Å². The summed E-state index contributed by atoms with van der Waals surface area (Å²) in [7, 11) is 0. The highest BCUT2D eigenvalue weighted by Gasteiger charge is 2.27. The van der Waals surface area contributed by atoms with Gasteiger partial charge in [-0.2, -0.15) is 5.10 Å². The maximum absolute atomic E-state index is 13.2. The van der Waals surface area contributed by atoms with Crippen LogP contribution in [0, 0.1) is 6.92 Å². The summed E-state index contributed by atoms with van der Waals surface area (Å²) < 4.78 is 11.9. The van der Waals surface area contributed by atoms with Crippen LogP contribution in [0.3, 0.4) is 0 Å². The molecular weight excluding hydrogens is 424 g/mol. The van der Waals surface area contributed by atoms with Crippen LogP contribution in [0.4, 0.5) is 5.82 Å². The van der Waals surface area contributed by atoms with Crippen molar-refractivity contribution >= 4 is 28.5 Å². The van der Waals surface area contributed by atoms with Crippen LogP contribution in [-0.2, 0) is 16.1 Å². The highest BCUT2D eigenvalue weighted by Crippen LogP contribution is 2.18. The van der Waals surface area contributed by atoms with E-state index in [0.717, 1.165) is 25.7 Å². The maximum atomic E-state index is 13.2. The van der Waals surface area contributed by atoms with E-state index in [4.69, 9.17) is 9.26 Å². The van der Waals surface area contributed by atoms with Crippen LogP contribution in [0.5, 0.6) is 0 Å². The van der Waals surface area contributed by atoms with Gasteiger partial charge in [0.15, 0.2) is 17.6 Å². The van der Waals surface area contributed by atoms with Gasteiger partial charge in [-0.15, -0.1) is 0 Å². The third-order valence-corrected chi connectivity index (χ3v) is 5.28. The summed E-state index contributed by atoms with van der Waals surface area (Å²) >= 11 is 0. The Hall–Kier alpha value is -3.49. The number of nitrogens with zero attached hydrogens (tertiary/aromatic N) is 3. The molecule has 176 valence electrons. The molecular formula is C24H30N4O5. The van der Waals surface area contributed by atoms with Crippen molar-refractivity contribution in [1.29, 1.82) is 0 Å². The van der Waals surface area contributed by atoms with Crippen LogP contribution in [0.15, 0.2) is 39.6 Å². The Bertz CT molecular complexity index is 1170. The molecule has 1 amide bonds. The molecule has 9 nitrogen and oxygen atoms in total. The second-order valence-corrected chi connectivity index (χ2v) is 7.98. The van der Waals surface area contributed by atoms with Crippen LogP contribution in [0.25, 0.3) is 10.8 Å². The van der Waals surface area contributed by atoms with Crippen molar-refractivity contribution in [2.75, 3.05) is 5.32 Å². The van der Waals surface area contributed by atoms with E-state index < -0.39 is 18.0 Å². The van der Waals surface area contributed by atoms with E-state index in [9.17, 15) is 14.4 Å². The Kier molecular flexibility index (Phi) is 8.34. The molecule has 1 unspecified atom stereocenters. The van der Waals surface area contributed by atoms with E-state index in [0.29, 0.717) is 35.9 Å². The van der Waals surface area contributed by atoms with E-state index in [1.165, 1.54) is 4.68 Å². The second kappa shape index (κ2) is 11.4. The number of hydrogen-bond donors (Lipinski definition) is 1. The number of esters is 1. The van der Waals surface area contributed by atoms with Crippen molar-refractivity contribution in [2.45, 2.75) is 71.9 Å². The lowest BCUT2D eigenvalue weighted by Crippen LogP contribution is -2.34. The minimum absolute atomic E-state index is 0.0216. The molecule has 0 bridgehead atoms. The lowest BCUT2D eigenvalue weighted by molar-refractivity contribution is -0.125. The standard InChI is InChI=1S/C24H30N4O5/c1-4-6-10-14-28-23(30)18-12-9-8-11-17(18)21(26-28)24(31)32-19(13-7-5-2)22(29)25-20-15-16(3)33-27-20/h8-9,11-12,15,19H,4-7,10,13-14H2,1-3H3,(H,25,27,29). The van der Waals surface area contributed by atoms with Gasteiger partial charge < -0.3 is 14.6 Å². The van der Waals surface area contributed by atoms with Gasteiger partial charge >= 0.3 is 5.97 Å². The molecule has 0 spiro atoms. The van der Waals surface area contributed by atoms with Gasteiger partial charge in [0.25, 0.3) is 11.5 Å². The van der Waals surface area contributed by atoms with Crippen LogP contribution >= 0.6 is 0 Å². The lowest BCUT2D eigenvalue weighted by atomic mass is 10.1. The number of benzene rings is 1. The number of nitrogens with one attached hydrogen (secondary N) is 1. The number of fused-ring (bicyclic) bond motifs is 1. The lowest BCUT2D eigenvalue weighted by Gasteiger charge is -2.17. The quantitative estimate of drug-likeness (QED) is 0.340. The summed E-state index contributed by atoms with van der Waals surface area (Å²) in [5.41, 5.74) is -0.229. The number of anilines is 1. The Labute approximate surface area is 192 Å². The highest BCUT2D eigenvalue weighted by molar-refractivity contribution is 6.03. The predicted molar refractivity (Wildman–Crippen MR) is 124 cm³/mol. The number of amides is 1. The molecule has 2 aromatic heterocycles. The number of unbranched alkanes of at least 4 members (excludes halogenated alkanes) is 3. The van der Waals surface area contributed by atoms with Gasteiger partial charge in [-0.1, -0.05) is 56.5 Å². The van der Waals surface area contributed by atoms with Crippen LogP contribution < -0.4 is 10.9 Å². The molecule has 3 aromatic rings. The van der Waals surface area contributed by atoms with Gasteiger partial charge in [0.2, 0.25) is 0 Å². The van der Waals surface area contributed by atoms with Gasteiger partial charge in [-0.3, -0.25) is 9.59 Å². The van der Waals surface area contributed by atoms with E-state index in [2.05, 4.69) is 22.5 Å². The number of carbonyl (C=O) groups is 2. The Balaban J connectivity index is 1.89. The van der Waals surface area contributed by atoms with Gasteiger partial charge in [0.1, 0.15) is 5.76 Å². The zero-order valence-corrected chi connectivity index (χ0v) is 19.3. The van der Waals surface area contributed by atoms with Crippen molar-refractivity contribution < 1.29 is 18.8 Å². The molecule has 0 saturated heterocycles. The largest absolute Gasteiger partial charge is 0.447 e. The molecule has 33 heavy (non-hydrogen) atoms. The zero-order valence-electron chi connectivity index (χ0n) is 19.3. The average Bonchev–Trinajstić information content (AvgIpc) is 3.22. The van der Waals surface area contributed by atoms with Gasteiger partial charge in [-0.25, -0.2) is 9.48 Å². The summed E-state index contributed by atoms with van der Waals surface area (Å²) in [6, 6.07) is 8.39. The summed E-state index contributed by atoms with van der Waals surface area (Å²) in [6.45, 7) is 6.17.